The van der Waals surface area contributed by atoms with E-state index in [1.807, 2.05) is 48.1 Å². The molecule has 90 valence electrons. The summed E-state index contributed by atoms with van der Waals surface area (Å²) < 4.78 is 1.90. The van der Waals surface area contributed by atoms with E-state index in [1.165, 1.54) is 0 Å². The number of para-hydroxylation sites is 1. The van der Waals surface area contributed by atoms with Gasteiger partial charge >= 0.3 is 0 Å². The number of benzene rings is 1. The molecule has 4 heteroatoms. The van der Waals surface area contributed by atoms with Gasteiger partial charge in [0.1, 0.15) is 0 Å². The molecule has 0 spiro atoms. The highest BCUT2D eigenvalue weighted by molar-refractivity contribution is 5.82. The second kappa shape index (κ2) is 4.23. The molecule has 0 amide bonds. The van der Waals surface area contributed by atoms with E-state index in [2.05, 4.69) is 9.97 Å². The molecular formula is C14H14N4. The van der Waals surface area contributed by atoms with Crippen LogP contribution in [0.25, 0.3) is 10.9 Å². The lowest BCUT2D eigenvalue weighted by molar-refractivity contribution is 0.839. The van der Waals surface area contributed by atoms with E-state index in [9.17, 15) is 0 Å². The lowest BCUT2D eigenvalue weighted by Crippen LogP contribution is -2.13. The Hall–Kier alpha value is -2.20. The first kappa shape index (κ1) is 10.9. The van der Waals surface area contributed by atoms with Crippen LogP contribution in [0.4, 0.5) is 0 Å². The summed E-state index contributed by atoms with van der Waals surface area (Å²) in [6.07, 6.45) is 5.48. The van der Waals surface area contributed by atoms with Crippen LogP contribution in [0, 0.1) is 0 Å². The van der Waals surface area contributed by atoms with Crippen LogP contribution >= 0.6 is 0 Å². The Kier molecular flexibility index (Phi) is 2.57. The zero-order valence-corrected chi connectivity index (χ0v) is 10.1. The minimum absolute atomic E-state index is 0.246. The zero-order valence-electron chi connectivity index (χ0n) is 10.1. The summed E-state index contributed by atoms with van der Waals surface area (Å²) in [6.45, 7) is 0. The number of pyridine rings is 1. The van der Waals surface area contributed by atoms with E-state index in [0.29, 0.717) is 0 Å². The first-order chi connectivity index (χ1) is 8.75. The van der Waals surface area contributed by atoms with Gasteiger partial charge in [0, 0.05) is 30.4 Å². The Balaban J connectivity index is 2.14. The van der Waals surface area contributed by atoms with E-state index in [0.717, 1.165) is 22.2 Å². The maximum Gasteiger partial charge on any atom is 0.0947 e. The number of nitrogens with two attached hydrogens (primary N) is 1. The molecule has 0 bridgehead atoms. The van der Waals surface area contributed by atoms with E-state index >= 15 is 0 Å². The van der Waals surface area contributed by atoms with E-state index < -0.39 is 0 Å². The highest BCUT2D eigenvalue weighted by Crippen LogP contribution is 2.24. The Labute approximate surface area is 105 Å². The standard InChI is InChI=1S/C14H14N4/c1-18-8-12(17-9-18)13(15)11-6-2-4-10-5-3-7-16-14(10)11/h2-9,13H,15H2,1H3. The highest BCUT2D eigenvalue weighted by Gasteiger charge is 2.14. The van der Waals surface area contributed by atoms with Gasteiger partial charge in [-0.3, -0.25) is 4.98 Å². The fourth-order valence-corrected chi connectivity index (χ4v) is 2.13. The Morgan fingerprint density at radius 3 is 2.78 bits per heavy atom. The summed E-state index contributed by atoms with van der Waals surface area (Å²) in [5.74, 6) is 0. The van der Waals surface area contributed by atoms with Crippen LogP contribution in [0.5, 0.6) is 0 Å². The molecular weight excluding hydrogens is 224 g/mol. The molecule has 0 saturated heterocycles. The second-order valence-electron chi connectivity index (χ2n) is 4.36. The van der Waals surface area contributed by atoms with Crippen LogP contribution in [-0.4, -0.2) is 14.5 Å². The molecule has 1 aromatic carbocycles. The Morgan fingerprint density at radius 2 is 2.00 bits per heavy atom. The molecule has 2 aromatic heterocycles. The van der Waals surface area contributed by atoms with Crippen LogP contribution in [0.2, 0.25) is 0 Å². The first-order valence-electron chi connectivity index (χ1n) is 5.83. The van der Waals surface area contributed by atoms with Gasteiger partial charge in [-0.2, -0.15) is 0 Å². The lowest BCUT2D eigenvalue weighted by atomic mass is 10.0. The van der Waals surface area contributed by atoms with Crippen molar-refractivity contribution in [2.45, 2.75) is 6.04 Å². The van der Waals surface area contributed by atoms with Gasteiger partial charge in [0.05, 0.1) is 23.6 Å². The summed E-state index contributed by atoms with van der Waals surface area (Å²) in [7, 11) is 1.94. The number of fused-ring (bicyclic) bond motifs is 1. The number of aromatic nitrogens is 3. The van der Waals surface area contributed by atoms with Crippen molar-refractivity contribution in [1.82, 2.24) is 14.5 Å². The van der Waals surface area contributed by atoms with E-state index in [4.69, 9.17) is 5.73 Å². The molecule has 2 N–H and O–H groups in total. The lowest BCUT2D eigenvalue weighted by Gasteiger charge is -2.11. The molecule has 3 aromatic rings. The van der Waals surface area contributed by atoms with Gasteiger partial charge < -0.3 is 10.3 Å². The Bertz CT molecular complexity index is 682. The zero-order chi connectivity index (χ0) is 12.5. The number of nitrogens with zero attached hydrogens (tertiary/aromatic N) is 3. The van der Waals surface area contributed by atoms with Gasteiger partial charge in [-0.1, -0.05) is 24.3 Å². The second-order valence-corrected chi connectivity index (χ2v) is 4.36. The molecule has 1 unspecified atom stereocenters. The molecule has 0 aliphatic heterocycles. The number of rotatable bonds is 2. The van der Waals surface area contributed by atoms with Crippen molar-refractivity contribution >= 4 is 10.9 Å². The van der Waals surface area contributed by atoms with Crippen molar-refractivity contribution in [3.05, 3.63) is 60.3 Å². The van der Waals surface area contributed by atoms with Crippen molar-refractivity contribution in [2.24, 2.45) is 12.8 Å². The average molecular weight is 238 g/mol. The largest absolute Gasteiger partial charge is 0.340 e. The smallest absolute Gasteiger partial charge is 0.0947 e. The summed E-state index contributed by atoms with van der Waals surface area (Å²) in [5, 5.41) is 1.10. The van der Waals surface area contributed by atoms with E-state index in [1.54, 1.807) is 12.5 Å². The predicted octanol–water partition coefficient (Wildman–Crippen LogP) is 2.02. The van der Waals surface area contributed by atoms with E-state index in [-0.39, 0.29) is 6.04 Å². The molecule has 0 saturated carbocycles. The van der Waals surface area contributed by atoms with Crippen molar-refractivity contribution in [1.29, 1.82) is 0 Å². The van der Waals surface area contributed by atoms with Gasteiger partial charge in [-0.15, -0.1) is 0 Å². The third kappa shape index (κ3) is 1.76. The quantitative estimate of drug-likeness (QED) is 0.743. The van der Waals surface area contributed by atoms with Crippen LogP contribution in [-0.2, 0) is 7.05 Å². The molecule has 0 aliphatic carbocycles. The van der Waals surface area contributed by atoms with Gasteiger partial charge in [0.15, 0.2) is 0 Å². The van der Waals surface area contributed by atoms with Crippen molar-refractivity contribution in [3.8, 4) is 0 Å². The fourth-order valence-electron chi connectivity index (χ4n) is 2.13. The molecule has 1 atom stereocenters. The maximum absolute atomic E-state index is 6.28. The first-order valence-corrected chi connectivity index (χ1v) is 5.83. The molecule has 0 aliphatic rings. The van der Waals surface area contributed by atoms with Crippen LogP contribution in [0.1, 0.15) is 17.3 Å². The summed E-state index contributed by atoms with van der Waals surface area (Å²) in [4.78, 5) is 8.73. The molecule has 4 nitrogen and oxygen atoms in total. The maximum atomic E-state index is 6.28. The average Bonchev–Trinajstić information content (AvgIpc) is 2.84. The minimum Gasteiger partial charge on any atom is -0.340 e. The van der Waals surface area contributed by atoms with Crippen molar-refractivity contribution in [3.63, 3.8) is 0 Å². The number of hydrogen-bond donors (Lipinski definition) is 1. The highest BCUT2D eigenvalue weighted by atomic mass is 15.0. The predicted molar refractivity (Wildman–Crippen MR) is 71.0 cm³/mol. The topological polar surface area (TPSA) is 56.7 Å². The number of aryl methyl sites for hydroxylation is 1. The summed E-state index contributed by atoms with van der Waals surface area (Å²) >= 11 is 0. The minimum atomic E-state index is -0.246. The fraction of sp³-hybridized carbons (Fsp3) is 0.143. The van der Waals surface area contributed by atoms with Gasteiger partial charge in [-0.25, -0.2) is 4.98 Å². The van der Waals surface area contributed by atoms with Crippen molar-refractivity contribution < 1.29 is 0 Å². The van der Waals surface area contributed by atoms with Crippen LogP contribution < -0.4 is 5.73 Å². The van der Waals surface area contributed by atoms with Gasteiger partial charge in [-0.05, 0) is 6.07 Å². The monoisotopic (exact) mass is 238 g/mol. The number of hydrogen-bond acceptors (Lipinski definition) is 3. The number of imidazole rings is 1. The molecule has 0 radical (unpaired) electrons. The van der Waals surface area contributed by atoms with Gasteiger partial charge in [0.2, 0.25) is 0 Å². The molecule has 2 heterocycles. The SMILES string of the molecule is Cn1cnc(C(N)c2cccc3cccnc23)c1. The summed E-state index contributed by atoms with van der Waals surface area (Å²) in [5.41, 5.74) is 9.09. The summed E-state index contributed by atoms with van der Waals surface area (Å²) in [6, 6.07) is 9.77. The molecule has 0 fully saturated rings. The molecule has 18 heavy (non-hydrogen) atoms. The van der Waals surface area contributed by atoms with Crippen LogP contribution in [0.3, 0.4) is 0 Å². The van der Waals surface area contributed by atoms with Crippen molar-refractivity contribution in [2.75, 3.05) is 0 Å². The Morgan fingerprint density at radius 1 is 1.17 bits per heavy atom. The van der Waals surface area contributed by atoms with Gasteiger partial charge in [0.25, 0.3) is 0 Å². The third-order valence-corrected chi connectivity index (χ3v) is 3.04. The van der Waals surface area contributed by atoms with Crippen LogP contribution in [0.15, 0.2) is 49.1 Å². The third-order valence-electron chi connectivity index (χ3n) is 3.04. The molecule has 3 rings (SSSR count). The normalized spacial score (nSPS) is 12.8.